The lowest BCUT2D eigenvalue weighted by atomic mass is 9.92. The van der Waals surface area contributed by atoms with Crippen LogP contribution in [0.1, 0.15) is 13.8 Å². The molecule has 6 heteroatoms. The van der Waals surface area contributed by atoms with E-state index in [0.29, 0.717) is 10.7 Å². The Morgan fingerprint density at radius 3 is 2.59 bits per heavy atom. The van der Waals surface area contributed by atoms with Crippen molar-refractivity contribution in [2.45, 2.75) is 13.8 Å². The minimum absolute atomic E-state index is 0.142. The van der Waals surface area contributed by atoms with E-state index in [4.69, 9.17) is 29.6 Å². The largest absolute Gasteiger partial charge is 0.392 e. The molecule has 1 rings (SSSR count). The van der Waals surface area contributed by atoms with Gasteiger partial charge in [0, 0.05) is 4.47 Å². The molecule has 17 heavy (non-hydrogen) atoms. The summed E-state index contributed by atoms with van der Waals surface area (Å²) in [4.78, 5) is 12.1. The maximum absolute atomic E-state index is 12.0. The molecular formula is C11H12BrClN2OS. The fourth-order valence-corrected chi connectivity index (χ4v) is 1.79. The lowest BCUT2D eigenvalue weighted by molar-refractivity contribution is -0.121. The van der Waals surface area contributed by atoms with Crippen molar-refractivity contribution >= 4 is 56.3 Å². The van der Waals surface area contributed by atoms with Crippen LogP contribution in [-0.2, 0) is 4.79 Å². The molecule has 1 amide bonds. The summed E-state index contributed by atoms with van der Waals surface area (Å²) >= 11 is 14.1. The number of nitrogens with two attached hydrogens (primary N) is 1. The maximum Gasteiger partial charge on any atom is 0.236 e. The molecule has 1 aromatic carbocycles. The first kappa shape index (κ1) is 14.4. The number of halogens is 2. The summed E-state index contributed by atoms with van der Waals surface area (Å²) in [5.74, 6) is -0.283. The zero-order valence-electron chi connectivity index (χ0n) is 9.38. The van der Waals surface area contributed by atoms with Gasteiger partial charge in [-0.05, 0) is 32.0 Å². The summed E-state index contributed by atoms with van der Waals surface area (Å²) in [6.45, 7) is 3.33. The average Bonchev–Trinajstić information content (AvgIpc) is 2.21. The van der Waals surface area contributed by atoms with Crippen molar-refractivity contribution in [3.8, 4) is 0 Å². The number of thiocarbonyl (C=S) groups is 1. The molecule has 0 spiro atoms. The van der Waals surface area contributed by atoms with E-state index in [1.807, 2.05) is 0 Å². The second-order valence-electron chi connectivity index (χ2n) is 4.07. The first-order valence-corrected chi connectivity index (χ1v) is 6.39. The summed E-state index contributed by atoms with van der Waals surface area (Å²) in [5, 5.41) is 3.15. The minimum atomic E-state index is -0.911. The molecule has 3 N–H and O–H groups in total. The first-order valence-electron chi connectivity index (χ1n) is 4.81. The Hall–Kier alpha value is -0.650. The SMILES string of the molecule is CC(C)(C(=O)Nc1ccc(Br)cc1Cl)C(N)=S. The summed E-state index contributed by atoms with van der Waals surface area (Å²) in [5.41, 5.74) is 5.14. The monoisotopic (exact) mass is 334 g/mol. The lowest BCUT2D eigenvalue weighted by Crippen LogP contribution is -2.41. The van der Waals surface area contributed by atoms with Crippen LogP contribution in [0.5, 0.6) is 0 Å². The molecule has 0 saturated heterocycles. The zero-order valence-corrected chi connectivity index (χ0v) is 12.5. The van der Waals surface area contributed by atoms with E-state index < -0.39 is 5.41 Å². The predicted octanol–water partition coefficient (Wildman–Crippen LogP) is 3.35. The van der Waals surface area contributed by atoms with Gasteiger partial charge in [0.2, 0.25) is 5.91 Å². The number of hydrogen-bond donors (Lipinski definition) is 2. The number of benzene rings is 1. The molecule has 0 fully saturated rings. The molecule has 0 atom stereocenters. The van der Waals surface area contributed by atoms with E-state index in [1.54, 1.807) is 32.0 Å². The third-order valence-corrected chi connectivity index (χ3v) is 3.68. The molecule has 0 aliphatic carbocycles. The van der Waals surface area contributed by atoms with Crippen LogP contribution in [-0.4, -0.2) is 10.9 Å². The second kappa shape index (κ2) is 5.33. The van der Waals surface area contributed by atoms with Crippen LogP contribution < -0.4 is 11.1 Å². The van der Waals surface area contributed by atoms with Crippen molar-refractivity contribution in [2.75, 3.05) is 5.32 Å². The molecular weight excluding hydrogens is 324 g/mol. The third kappa shape index (κ3) is 3.40. The number of nitrogens with one attached hydrogen (secondary N) is 1. The molecule has 0 unspecified atom stereocenters. The van der Waals surface area contributed by atoms with Gasteiger partial charge in [-0.25, -0.2) is 0 Å². The molecule has 0 radical (unpaired) electrons. The van der Waals surface area contributed by atoms with Gasteiger partial charge in [-0.15, -0.1) is 0 Å². The summed E-state index contributed by atoms with van der Waals surface area (Å²) < 4.78 is 0.842. The minimum Gasteiger partial charge on any atom is -0.392 e. The Kier molecular flexibility index (Phi) is 4.52. The normalized spacial score (nSPS) is 11.1. The molecule has 0 aliphatic rings. The van der Waals surface area contributed by atoms with Gasteiger partial charge in [0.1, 0.15) is 0 Å². The van der Waals surface area contributed by atoms with Crippen molar-refractivity contribution in [2.24, 2.45) is 11.1 Å². The van der Waals surface area contributed by atoms with E-state index in [1.165, 1.54) is 0 Å². The van der Waals surface area contributed by atoms with Gasteiger partial charge in [0.25, 0.3) is 0 Å². The van der Waals surface area contributed by atoms with Crippen LogP contribution in [0.3, 0.4) is 0 Å². The Labute approximate surface area is 119 Å². The molecule has 1 aromatic rings. The fourth-order valence-electron chi connectivity index (χ4n) is 0.981. The van der Waals surface area contributed by atoms with Gasteiger partial charge in [-0.3, -0.25) is 4.79 Å². The van der Waals surface area contributed by atoms with Crippen LogP contribution in [0.4, 0.5) is 5.69 Å². The van der Waals surface area contributed by atoms with Crippen molar-refractivity contribution in [1.29, 1.82) is 0 Å². The van der Waals surface area contributed by atoms with Crippen molar-refractivity contribution < 1.29 is 4.79 Å². The molecule has 0 aliphatic heterocycles. The molecule has 0 saturated carbocycles. The van der Waals surface area contributed by atoms with E-state index in [2.05, 4.69) is 21.2 Å². The lowest BCUT2D eigenvalue weighted by Gasteiger charge is -2.22. The summed E-state index contributed by atoms with van der Waals surface area (Å²) in [6.07, 6.45) is 0. The highest BCUT2D eigenvalue weighted by molar-refractivity contribution is 9.10. The van der Waals surface area contributed by atoms with Crippen LogP contribution in [0, 0.1) is 5.41 Å². The molecule has 0 aromatic heterocycles. The first-order chi connectivity index (χ1) is 7.75. The Morgan fingerprint density at radius 1 is 1.53 bits per heavy atom. The van der Waals surface area contributed by atoms with E-state index in [0.717, 1.165) is 4.47 Å². The fraction of sp³-hybridized carbons (Fsp3) is 0.273. The molecule has 0 heterocycles. The number of hydrogen-bond acceptors (Lipinski definition) is 2. The van der Waals surface area contributed by atoms with Gasteiger partial charge in [0.05, 0.1) is 21.1 Å². The Morgan fingerprint density at radius 2 is 2.12 bits per heavy atom. The number of amides is 1. The molecule has 92 valence electrons. The van der Waals surface area contributed by atoms with Gasteiger partial charge in [-0.2, -0.15) is 0 Å². The van der Waals surface area contributed by atoms with Crippen LogP contribution in [0.25, 0.3) is 0 Å². The second-order valence-corrected chi connectivity index (χ2v) is 5.83. The molecule has 3 nitrogen and oxygen atoms in total. The maximum atomic E-state index is 12.0. The highest BCUT2D eigenvalue weighted by Gasteiger charge is 2.31. The van der Waals surface area contributed by atoms with E-state index >= 15 is 0 Å². The number of carbonyl (C=O) groups excluding carboxylic acids is 1. The molecule has 0 bridgehead atoms. The highest BCUT2D eigenvalue weighted by Crippen LogP contribution is 2.27. The number of carbonyl (C=O) groups is 1. The van der Waals surface area contributed by atoms with Gasteiger partial charge < -0.3 is 11.1 Å². The average molecular weight is 336 g/mol. The highest BCUT2D eigenvalue weighted by atomic mass is 79.9. The topological polar surface area (TPSA) is 55.1 Å². The Bertz CT molecular complexity index is 477. The van der Waals surface area contributed by atoms with E-state index in [9.17, 15) is 4.79 Å². The summed E-state index contributed by atoms with van der Waals surface area (Å²) in [7, 11) is 0. The van der Waals surface area contributed by atoms with Crippen molar-refractivity contribution in [3.63, 3.8) is 0 Å². The standard InChI is InChI=1S/C11H12BrClN2OS/c1-11(2,9(14)17)10(16)15-8-4-3-6(12)5-7(8)13/h3-5H,1-2H3,(H2,14,17)(H,15,16). The number of rotatable bonds is 3. The van der Waals surface area contributed by atoms with Crippen molar-refractivity contribution in [3.05, 3.63) is 27.7 Å². The van der Waals surface area contributed by atoms with Gasteiger partial charge in [-0.1, -0.05) is 39.7 Å². The van der Waals surface area contributed by atoms with Crippen LogP contribution >= 0.6 is 39.7 Å². The smallest absolute Gasteiger partial charge is 0.236 e. The quantitative estimate of drug-likeness (QED) is 0.833. The van der Waals surface area contributed by atoms with E-state index in [-0.39, 0.29) is 10.9 Å². The van der Waals surface area contributed by atoms with Crippen molar-refractivity contribution in [1.82, 2.24) is 0 Å². The van der Waals surface area contributed by atoms with Crippen LogP contribution in [0.15, 0.2) is 22.7 Å². The predicted molar refractivity (Wildman–Crippen MR) is 78.3 cm³/mol. The Balaban J connectivity index is 2.92. The van der Waals surface area contributed by atoms with Gasteiger partial charge >= 0.3 is 0 Å². The zero-order chi connectivity index (χ0) is 13.2. The number of anilines is 1. The van der Waals surface area contributed by atoms with Gasteiger partial charge in [0.15, 0.2) is 0 Å². The third-order valence-electron chi connectivity index (χ3n) is 2.36. The summed E-state index contributed by atoms with van der Waals surface area (Å²) in [6, 6.07) is 5.19. The van der Waals surface area contributed by atoms with Crippen LogP contribution in [0.2, 0.25) is 5.02 Å².